The van der Waals surface area contributed by atoms with Gasteiger partial charge in [0.05, 0.1) is 12.7 Å². The monoisotopic (exact) mass is 230 g/mol. The predicted molar refractivity (Wildman–Crippen MR) is 61.1 cm³/mol. The van der Waals surface area contributed by atoms with Crippen molar-refractivity contribution in [3.05, 3.63) is 0 Å². The van der Waals surface area contributed by atoms with Crippen molar-refractivity contribution >= 4 is 5.91 Å². The molecule has 0 aromatic heterocycles. The number of nitrogens with one attached hydrogen (secondary N) is 1. The van der Waals surface area contributed by atoms with Crippen LogP contribution in [0.5, 0.6) is 0 Å². The van der Waals surface area contributed by atoms with E-state index in [1.807, 2.05) is 13.8 Å². The molecule has 0 aliphatic carbocycles. The molecule has 16 heavy (non-hydrogen) atoms. The Bertz CT molecular complexity index is 225. The van der Waals surface area contributed by atoms with Gasteiger partial charge in [-0.05, 0) is 26.7 Å². The molecule has 0 aromatic carbocycles. The average Bonchev–Trinajstić information content (AvgIpc) is 2.65. The van der Waals surface area contributed by atoms with Crippen molar-refractivity contribution in [3.63, 3.8) is 0 Å². The largest absolute Gasteiger partial charge is 0.379 e. The second kappa shape index (κ2) is 6.18. The summed E-state index contributed by atoms with van der Waals surface area (Å²) in [6.45, 7) is 6.13. The molecule has 5 heteroatoms. The third-order valence-electron chi connectivity index (χ3n) is 2.56. The highest BCUT2D eigenvalue weighted by atomic mass is 16.5. The molecule has 0 spiro atoms. The molecule has 0 saturated carbocycles. The van der Waals surface area contributed by atoms with Crippen LogP contribution in [0.4, 0.5) is 0 Å². The molecule has 1 aliphatic heterocycles. The molecule has 0 bridgehead atoms. The van der Waals surface area contributed by atoms with Gasteiger partial charge < -0.3 is 20.5 Å². The van der Waals surface area contributed by atoms with Gasteiger partial charge in [-0.1, -0.05) is 0 Å². The Kier molecular flexibility index (Phi) is 5.18. The van der Waals surface area contributed by atoms with Crippen molar-refractivity contribution in [2.45, 2.75) is 38.3 Å². The quantitative estimate of drug-likeness (QED) is 0.632. The van der Waals surface area contributed by atoms with E-state index in [4.69, 9.17) is 15.2 Å². The van der Waals surface area contributed by atoms with Gasteiger partial charge in [-0.15, -0.1) is 0 Å². The lowest BCUT2D eigenvalue weighted by molar-refractivity contribution is -0.126. The maximum absolute atomic E-state index is 11.7. The predicted octanol–water partition coefficient (Wildman–Crippen LogP) is 0.0355. The lowest BCUT2D eigenvalue weighted by Gasteiger charge is -2.20. The summed E-state index contributed by atoms with van der Waals surface area (Å²) in [6.07, 6.45) is 1.64. The van der Waals surface area contributed by atoms with Crippen LogP contribution in [0.1, 0.15) is 26.7 Å². The van der Waals surface area contributed by atoms with Crippen LogP contribution in [0, 0.1) is 0 Å². The maximum Gasteiger partial charge on any atom is 0.242 e. The molecular formula is C11H22N2O3. The van der Waals surface area contributed by atoms with E-state index in [9.17, 15) is 4.79 Å². The molecule has 1 amide bonds. The number of carbonyl (C=O) groups excluding carboxylic acids is 1. The van der Waals surface area contributed by atoms with E-state index in [0.29, 0.717) is 32.8 Å². The maximum atomic E-state index is 11.7. The first-order valence-corrected chi connectivity index (χ1v) is 5.81. The van der Waals surface area contributed by atoms with Crippen molar-refractivity contribution in [1.82, 2.24) is 5.32 Å². The zero-order valence-corrected chi connectivity index (χ0v) is 10.1. The number of hydrogen-bond donors (Lipinski definition) is 2. The highest BCUT2D eigenvalue weighted by molar-refractivity contribution is 5.86. The van der Waals surface area contributed by atoms with E-state index in [1.165, 1.54) is 0 Å². The SMILES string of the molecule is CC(C)OCCCNC(=O)C1(N)CCOC1. The Morgan fingerprint density at radius 1 is 1.62 bits per heavy atom. The number of carbonyl (C=O) groups is 1. The van der Waals surface area contributed by atoms with Crippen LogP contribution in [-0.4, -0.2) is 43.9 Å². The molecular weight excluding hydrogens is 208 g/mol. The van der Waals surface area contributed by atoms with Gasteiger partial charge in [0, 0.05) is 19.8 Å². The van der Waals surface area contributed by atoms with E-state index >= 15 is 0 Å². The van der Waals surface area contributed by atoms with E-state index in [2.05, 4.69) is 5.32 Å². The molecule has 1 rings (SSSR count). The summed E-state index contributed by atoms with van der Waals surface area (Å²) in [6, 6.07) is 0. The Balaban J connectivity index is 2.10. The minimum absolute atomic E-state index is 0.116. The molecule has 5 nitrogen and oxygen atoms in total. The fraction of sp³-hybridized carbons (Fsp3) is 0.909. The van der Waals surface area contributed by atoms with Crippen LogP contribution in [0.25, 0.3) is 0 Å². The first-order valence-electron chi connectivity index (χ1n) is 5.81. The smallest absolute Gasteiger partial charge is 0.242 e. The van der Waals surface area contributed by atoms with Gasteiger partial charge in [0.25, 0.3) is 0 Å². The lowest BCUT2D eigenvalue weighted by atomic mass is 9.99. The summed E-state index contributed by atoms with van der Waals surface area (Å²) in [5, 5.41) is 2.81. The molecule has 1 saturated heterocycles. The number of rotatable bonds is 6. The number of nitrogens with two attached hydrogens (primary N) is 1. The van der Waals surface area contributed by atoms with Gasteiger partial charge in [-0.3, -0.25) is 4.79 Å². The van der Waals surface area contributed by atoms with Crippen LogP contribution in [0.3, 0.4) is 0 Å². The second-order valence-electron chi connectivity index (χ2n) is 4.49. The Morgan fingerprint density at radius 2 is 2.38 bits per heavy atom. The molecule has 1 unspecified atom stereocenters. The Labute approximate surface area is 96.7 Å². The van der Waals surface area contributed by atoms with Crippen LogP contribution in [-0.2, 0) is 14.3 Å². The molecule has 1 fully saturated rings. The summed E-state index contributed by atoms with van der Waals surface area (Å²) in [7, 11) is 0. The van der Waals surface area contributed by atoms with Gasteiger partial charge in [0.15, 0.2) is 0 Å². The molecule has 0 aromatic rings. The zero-order valence-electron chi connectivity index (χ0n) is 10.1. The van der Waals surface area contributed by atoms with Crippen molar-refractivity contribution in [2.75, 3.05) is 26.4 Å². The van der Waals surface area contributed by atoms with Crippen molar-refractivity contribution < 1.29 is 14.3 Å². The highest BCUT2D eigenvalue weighted by Crippen LogP contribution is 2.15. The molecule has 1 heterocycles. The Hall–Kier alpha value is -0.650. The van der Waals surface area contributed by atoms with Gasteiger partial charge >= 0.3 is 0 Å². The molecule has 1 atom stereocenters. The summed E-state index contributed by atoms with van der Waals surface area (Å²) < 4.78 is 10.5. The molecule has 1 aliphatic rings. The highest BCUT2D eigenvalue weighted by Gasteiger charge is 2.37. The first kappa shape index (κ1) is 13.4. The average molecular weight is 230 g/mol. The second-order valence-corrected chi connectivity index (χ2v) is 4.49. The van der Waals surface area contributed by atoms with Crippen molar-refractivity contribution in [1.29, 1.82) is 0 Å². The van der Waals surface area contributed by atoms with E-state index in [0.717, 1.165) is 6.42 Å². The third kappa shape index (κ3) is 4.08. The van der Waals surface area contributed by atoms with Crippen molar-refractivity contribution in [3.8, 4) is 0 Å². The summed E-state index contributed by atoms with van der Waals surface area (Å²) in [4.78, 5) is 11.7. The first-order chi connectivity index (χ1) is 7.54. The van der Waals surface area contributed by atoms with Gasteiger partial charge in [0.1, 0.15) is 5.54 Å². The Morgan fingerprint density at radius 3 is 2.94 bits per heavy atom. The molecule has 3 N–H and O–H groups in total. The molecule has 0 radical (unpaired) electrons. The van der Waals surface area contributed by atoms with Crippen LogP contribution in [0.2, 0.25) is 0 Å². The molecule has 94 valence electrons. The van der Waals surface area contributed by atoms with Crippen LogP contribution >= 0.6 is 0 Å². The standard InChI is InChI=1S/C11H22N2O3/c1-9(2)16-6-3-5-13-10(14)11(12)4-7-15-8-11/h9H,3-8,12H2,1-2H3,(H,13,14). The zero-order chi connectivity index (χ0) is 12.0. The third-order valence-corrected chi connectivity index (χ3v) is 2.56. The summed E-state index contributed by atoms with van der Waals surface area (Å²) in [5.74, 6) is -0.116. The summed E-state index contributed by atoms with van der Waals surface area (Å²) >= 11 is 0. The van der Waals surface area contributed by atoms with Gasteiger partial charge in [0.2, 0.25) is 5.91 Å². The minimum Gasteiger partial charge on any atom is -0.379 e. The van der Waals surface area contributed by atoms with E-state index in [1.54, 1.807) is 0 Å². The number of amides is 1. The lowest BCUT2D eigenvalue weighted by Crippen LogP contribution is -2.54. The fourth-order valence-electron chi connectivity index (χ4n) is 1.53. The fourth-order valence-corrected chi connectivity index (χ4v) is 1.53. The van der Waals surface area contributed by atoms with E-state index in [-0.39, 0.29) is 12.0 Å². The number of ether oxygens (including phenoxy) is 2. The van der Waals surface area contributed by atoms with Gasteiger partial charge in [-0.25, -0.2) is 0 Å². The van der Waals surface area contributed by atoms with Gasteiger partial charge in [-0.2, -0.15) is 0 Å². The minimum atomic E-state index is -0.821. The van der Waals surface area contributed by atoms with E-state index < -0.39 is 5.54 Å². The topological polar surface area (TPSA) is 73.6 Å². The number of hydrogen-bond acceptors (Lipinski definition) is 4. The van der Waals surface area contributed by atoms with Crippen LogP contribution in [0.15, 0.2) is 0 Å². The summed E-state index contributed by atoms with van der Waals surface area (Å²) in [5.41, 5.74) is 5.08. The van der Waals surface area contributed by atoms with Crippen molar-refractivity contribution in [2.24, 2.45) is 5.73 Å². The van der Waals surface area contributed by atoms with Crippen LogP contribution < -0.4 is 11.1 Å². The normalized spacial score (nSPS) is 25.0.